The summed E-state index contributed by atoms with van der Waals surface area (Å²) in [4.78, 5) is 14.5. The molecule has 1 unspecified atom stereocenters. The Labute approximate surface area is 157 Å². The van der Waals surface area contributed by atoms with Crippen LogP contribution in [0.5, 0.6) is 5.75 Å². The van der Waals surface area contributed by atoms with Gasteiger partial charge in [0.1, 0.15) is 5.75 Å². The third-order valence-corrected chi connectivity index (χ3v) is 4.70. The fourth-order valence-electron chi connectivity index (χ4n) is 3.37. The van der Waals surface area contributed by atoms with Crippen LogP contribution < -0.4 is 15.0 Å². The number of benzene rings is 2. The molecule has 27 heavy (non-hydrogen) atoms. The second kappa shape index (κ2) is 7.07. The first-order chi connectivity index (χ1) is 13.2. The summed E-state index contributed by atoms with van der Waals surface area (Å²) in [6.07, 6.45) is 0.980. The lowest BCUT2D eigenvalue weighted by atomic mass is 10.1. The number of hydrogen-bond donors (Lipinski definition) is 1. The molecule has 1 atom stereocenters. The van der Waals surface area contributed by atoms with Crippen molar-refractivity contribution < 1.29 is 9.53 Å². The third kappa shape index (κ3) is 3.33. The quantitative estimate of drug-likeness (QED) is 0.766. The second-order valence-electron chi connectivity index (χ2n) is 6.51. The van der Waals surface area contributed by atoms with E-state index in [0.29, 0.717) is 23.2 Å². The highest BCUT2D eigenvalue weighted by molar-refractivity contribution is 6.03. The summed E-state index contributed by atoms with van der Waals surface area (Å²) in [6, 6.07) is 19.2. The summed E-state index contributed by atoms with van der Waals surface area (Å²) in [5.41, 5.74) is 3.00. The SMILES string of the molecule is COc1ccc(C(=O)Nc2ccc(N3c4ccccc4CC3C)nn2)cc1. The average molecular weight is 360 g/mol. The lowest BCUT2D eigenvalue weighted by Crippen LogP contribution is -2.25. The number of rotatable bonds is 4. The number of carbonyl (C=O) groups excluding carboxylic acids is 1. The summed E-state index contributed by atoms with van der Waals surface area (Å²) in [5, 5.41) is 11.3. The van der Waals surface area contributed by atoms with Gasteiger partial charge in [-0.25, -0.2) is 0 Å². The van der Waals surface area contributed by atoms with Crippen LogP contribution in [-0.2, 0) is 6.42 Å². The van der Waals surface area contributed by atoms with Crippen molar-refractivity contribution in [1.82, 2.24) is 10.2 Å². The van der Waals surface area contributed by atoms with E-state index < -0.39 is 0 Å². The van der Waals surface area contributed by atoms with E-state index >= 15 is 0 Å². The van der Waals surface area contributed by atoms with Gasteiger partial charge < -0.3 is 15.0 Å². The predicted molar refractivity (Wildman–Crippen MR) is 105 cm³/mol. The van der Waals surface area contributed by atoms with Crippen LogP contribution >= 0.6 is 0 Å². The van der Waals surface area contributed by atoms with Crippen LogP contribution in [0.15, 0.2) is 60.7 Å². The number of ether oxygens (including phenoxy) is 1. The Morgan fingerprint density at radius 3 is 2.56 bits per heavy atom. The molecule has 0 saturated carbocycles. The first-order valence-corrected chi connectivity index (χ1v) is 8.82. The van der Waals surface area contributed by atoms with E-state index in [2.05, 4.69) is 45.5 Å². The van der Waals surface area contributed by atoms with E-state index in [9.17, 15) is 4.79 Å². The predicted octanol–water partition coefficient (Wildman–Crippen LogP) is 3.82. The van der Waals surface area contributed by atoms with Crippen LogP contribution in [0.3, 0.4) is 0 Å². The summed E-state index contributed by atoms with van der Waals surface area (Å²) in [7, 11) is 1.59. The number of amides is 1. The summed E-state index contributed by atoms with van der Waals surface area (Å²) in [6.45, 7) is 2.17. The zero-order valence-electron chi connectivity index (χ0n) is 15.2. The van der Waals surface area contributed by atoms with Gasteiger partial charge in [-0.3, -0.25) is 4.79 Å². The van der Waals surface area contributed by atoms with Crippen molar-refractivity contribution in [3.8, 4) is 5.75 Å². The van der Waals surface area contributed by atoms with E-state index in [-0.39, 0.29) is 5.91 Å². The standard InChI is InChI=1S/C21H20N4O2/c1-14-13-16-5-3-4-6-18(16)25(14)20-12-11-19(23-24-20)22-21(26)15-7-9-17(27-2)10-8-15/h3-12,14H,13H2,1-2H3,(H,22,23,26). The van der Waals surface area contributed by atoms with Gasteiger partial charge in [0, 0.05) is 17.3 Å². The lowest BCUT2D eigenvalue weighted by molar-refractivity contribution is 0.102. The van der Waals surface area contributed by atoms with Crippen molar-refractivity contribution in [3.05, 3.63) is 71.8 Å². The van der Waals surface area contributed by atoms with Crippen LogP contribution in [0.2, 0.25) is 0 Å². The van der Waals surface area contributed by atoms with Gasteiger partial charge in [0.15, 0.2) is 11.6 Å². The van der Waals surface area contributed by atoms with E-state index in [0.717, 1.165) is 17.9 Å². The highest BCUT2D eigenvalue weighted by Crippen LogP contribution is 2.36. The van der Waals surface area contributed by atoms with Gasteiger partial charge in [0.05, 0.1) is 7.11 Å². The number of carbonyl (C=O) groups is 1. The first-order valence-electron chi connectivity index (χ1n) is 8.82. The first kappa shape index (κ1) is 17.0. The van der Waals surface area contributed by atoms with Crippen LogP contribution in [0.1, 0.15) is 22.8 Å². The molecule has 4 rings (SSSR count). The maximum absolute atomic E-state index is 12.3. The Balaban J connectivity index is 1.50. The minimum absolute atomic E-state index is 0.236. The number of methoxy groups -OCH3 is 1. The molecule has 1 aliphatic rings. The molecule has 6 nitrogen and oxygen atoms in total. The van der Waals surface area contributed by atoms with Gasteiger partial charge in [0.25, 0.3) is 5.91 Å². The largest absolute Gasteiger partial charge is 0.497 e. The number of aromatic nitrogens is 2. The number of fused-ring (bicyclic) bond motifs is 1. The number of para-hydroxylation sites is 1. The van der Waals surface area contributed by atoms with Crippen molar-refractivity contribution in [2.24, 2.45) is 0 Å². The summed E-state index contributed by atoms with van der Waals surface area (Å²) < 4.78 is 5.10. The molecule has 6 heteroatoms. The van der Waals surface area contributed by atoms with Crippen molar-refractivity contribution >= 4 is 23.2 Å². The molecular weight excluding hydrogens is 340 g/mol. The van der Waals surface area contributed by atoms with Gasteiger partial charge in [-0.1, -0.05) is 18.2 Å². The maximum atomic E-state index is 12.3. The van der Waals surface area contributed by atoms with Gasteiger partial charge in [0.2, 0.25) is 0 Å². The summed E-state index contributed by atoms with van der Waals surface area (Å²) >= 11 is 0. The van der Waals surface area contributed by atoms with E-state index in [4.69, 9.17) is 4.74 Å². The fourth-order valence-corrected chi connectivity index (χ4v) is 3.37. The van der Waals surface area contributed by atoms with Gasteiger partial charge in [-0.2, -0.15) is 0 Å². The molecule has 0 radical (unpaired) electrons. The zero-order chi connectivity index (χ0) is 18.8. The van der Waals surface area contributed by atoms with E-state index in [1.807, 2.05) is 12.1 Å². The molecule has 2 heterocycles. The smallest absolute Gasteiger partial charge is 0.256 e. The minimum atomic E-state index is -0.236. The molecule has 0 fully saturated rings. The molecule has 0 bridgehead atoms. The fraction of sp³-hybridized carbons (Fsp3) is 0.190. The molecule has 136 valence electrons. The topological polar surface area (TPSA) is 67.3 Å². The monoisotopic (exact) mass is 360 g/mol. The van der Waals surface area contributed by atoms with Gasteiger partial charge >= 0.3 is 0 Å². The van der Waals surface area contributed by atoms with Crippen molar-refractivity contribution in [2.45, 2.75) is 19.4 Å². The zero-order valence-corrected chi connectivity index (χ0v) is 15.2. The number of hydrogen-bond acceptors (Lipinski definition) is 5. The Hall–Kier alpha value is -3.41. The lowest BCUT2D eigenvalue weighted by Gasteiger charge is -2.23. The Bertz CT molecular complexity index is 955. The molecule has 1 aromatic heterocycles. The van der Waals surface area contributed by atoms with E-state index in [1.165, 1.54) is 5.56 Å². The van der Waals surface area contributed by atoms with Gasteiger partial charge in [-0.05, 0) is 61.4 Å². The number of nitrogens with one attached hydrogen (secondary N) is 1. The molecule has 0 aliphatic carbocycles. The average Bonchev–Trinajstić information content (AvgIpc) is 3.04. The van der Waals surface area contributed by atoms with Crippen LogP contribution in [0.25, 0.3) is 0 Å². The number of nitrogens with zero attached hydrogens (tertiary/aromatic N) is 3. The molecule has 3 aromatic rings. The van der Waals surface area contributed by atoms with Crippen LogP contribution in [0, 0.1) is 0 Å². The highest BCUT2D eigenvalue weighted by Gasteiger charge is 2.27. The Kier molecular flexibility index (Phi) is 4.46. The minimum Gasteiger partial charge on any atom is -0.497 e. The van der Waals surface area contributed by atoms with Crippen molar-refractivity contribution in [2.75, 3.05) is 17.3 Å². The maximum Gasteiger partial charge on any atom is 0.256 e. The molecule has 1 aliphatic heterocycles. The molecule has 1 N–H and O–H groups in total. The van der Waals surface area contributed by atoms with Crippen LogP contribution in [0.4, 0.5) is 17.3 Å². The highest BCUT2D eigenvalue weighted by atomic mass is 16.5. The third-order valence-electron chi connectivity index (χ3n) is 4.70. The Morgan fingerprint density at radius 2 is 1.85 bits per heavy atom. The molecule has 2 aromatic carbocycles. The van der Waals surface area contributed by atoms with Crippen LogP contribution in [-0.4, -0.2) is 29.3 Å². The Morgan fingerprint density at radius 1 is 1.07 bits per heavy atom. The molecule has 0 saturated heterocycles. The molecule has 0 spiro atoms. The normalized spacial score (nSPS) is 15.3. The van der Waals surface area contributed by atoms with Crippen molar-refractivity contribution in [3.63, 3.8) is 0 Å². The number of anilines is 3. The van der Waals surface area contributed by atoms with Gasteiger partial charge in [-0.15, -0.1) is 10.2 Å². The summed E-state index contributed by atoms with van der Waals surface area (Å²) in [5.74, 6) is 1.66. The molecular formula is C21H20N4O2. The second-order valence-corrected chi connectivity index (χ2v) is 6.51. The van der Waals surface area contributed by atoms with Crippen molar-refractivity contribution in [1.29, 1.82) is 0 Å². The van der Waals surface area contributed by atoms with E-state index in [1.54, 1.807) is 37.4 Å². The molecule has 1 amide bonds.